The molecule has 0 unspecified atom stereocenters. The molecule has 1 heterocycles. The molecule has 0 aliphatic carbocycles. The summed E-state index contributed by atoms with van der Waals surface area (Å²) >= 11 is 5.06. The second kappa shape index (κ2) is 6.23. The summed E-state index contributed by atoms with van der Waals surface area (Å²) in [5.41, 5.74) is 0.934. The van der Waals surface area contributed by atoms with Crippen molar-refractivity contribution in [1.82, 2.24) is 10.3 Å². The van der Waals surface area contributed by atoms with Gasteiger partial charge in [-0.15, -0.1) is 11.3 Å². The zero-order valence-corrected chi connectivity index (χ0v) is 11.5. The van der Waals surface area contributed by atoms with Gasteiger partial charge in [0.25, 0.3) is 0 Å². The Hall–Kier alpha value is -0.780. The van der Waals surface area contributed by atoms with Gasteiger partial charge in [0.15, 0.2) is 0 Å². The van der Waals surface area contributed by atoms with Crippen molar-refractivity contribution >= 4 is 27.3 Å². The van der Waals surface area contributed by atoms with Crippen LogP contribution in [0.15, 0.2) is 34.2 Å². The van der Waals surface area contributed by atoms with Gasteiger partial charge in [-0.05, 0) is 23.8 Å². The summed E-state index contributed by atoms with van der Waals surface area (Å²) in [5, 5.41) is 6.37. The minimum atomic E-state index is -0.204. The first-order valence-electron chi connectivity index (χ1n) is 5.29. The number of nitrogens with zero attached hydrogens (tertiary/aromatic N) is 1. The van der Waals surface area contributed by atoms with Crippen molar-refractivity contribution in [1.29, 1.82) is 0 Å². The molecule has 1 aromatic carbocycles. The van der Waals surface area contributed by atoms with Gasteiger partial charge >= 0.3 is 0 Å². The van der Waals surface area contributed by atoms with E-state index in [1.54, 1.807) is 23.5 Å². The predicted octanol–water partition coefficient (Wildman–Crippen LogP) is 3.38. The quantitative estimate of drug-likeness (QED) is 0.856. The van der Waals surface area contributed by atoms with E-state index < -0.39 is 0 Å². The average molecular weight is 315 g/mol. The van der Waals surface area contributed by atoms with Crippen LogP contribution in [0.4, 0.5) is 4.39 Å². The van der Waals surface area contributed by atoms with Crippen LogP contribution in [0.3, 0.4) is 0 Å². The fourth-order valence-electron chi connectivity index (χ4n) is 1.47. The predicted molar refractivity (Wildman–Crippen MR) is 71.6 cm³/mol. The third-order valence-corrected chi connectivity index (χ3v) is 3.94. The Morgan fingerprint density at radius 2 is 2.29 bits per heavy atom. The maximum atomic E-state index is 13.0. The van der Waals surface area contributed by atoms with Crippen LogP contribution in [0.25, 0.3) is 0 Å². The molecular weight excluding hydrogens is 303 g/mol. The van der Waals surface area contributed by atoms with Crippen molar-refractivity contribution in [3.8, 4) is 0 Å². The second-order valence-electron chi connectivity index (χ2n) is 3.59. The van der Waals surface area contributed by atoms with Gasteiger partial charge in [0, 0.05) is 35.6 Å². The van der Waals surface area contributed by atoms with Crippen LogP contribution in [-0.4, -0.2) is 11.5 Å². The Balaban J connectivity index is 1.80. The molecule has 0 bridgehead atoms. The van der Waals surface area contributed by atoms with Crippen LogP contribution < -0.4 is 5.32 Å². The van der Waals surface area contributed by atoms with Crippen molar-refractivity contribution < 1.29 is 4.39 Å². The number of rotatable bonds is 5. The molecule has 0 fully saturated rings. The van der Waals surface area contributed by atoms with Crippen molar-refractivity contribution in [2.45, 2.75) is 13.0 Å². The number of benzene rings is 1. The summed E-state index contributed by atoms with van der Waals surface area (Å²) in [6.07, 6.45) is 2.72. The average Bonchev–Trinajstić information content (AvgIpc) is 2.82. The monoisotopic (exact) mass is 314 g/mol. The highest BCUT2D eigenvalue weighted by Gasteiger charge is 2.01. The van der Waals surface area contributed by atoms with Gasteiger partial charge in [0.05, 0.1) is 5.01 Å². The Bertz CT molecular complexity index is 473. The highest BCUT2D eigenvalue weighted by atomic mass is 79.9. The van der Waals surface area contributed by atoms with E-state index in [4.69, 9.17) is 0 Å². The summed E-state index contributed by atoms with van der Waals surface area (Å²) < 4.78 is 14.0. The third-order valence-electron chi connectivity index (χ3n) is 2.32. The van der Waals surface area contributed by atoms with Crippen molar-refractivity contribution in [3.63, 3.8) is 0 Å². The molecule has 1 aromatic heterocycles. The van der Waals surface area contributed by atoms with E-state index in [0.29, 0.717) is 6.54 Å². The summed E-state index contributed by atoms with van der Waals surface area (Å²) in [6.45, 7) is 1.50. The highest BCUT2D eigenvalue weighted by Crippen LogP contribution is 2.17. The molecule has 0 atom stereocenters. The molecule has 2 rings (SSSR count). The molecule has 2 aromatic rings. The summed E-state index contributed by atoms with van der Waals surface area (Å²) in [5.74, 6) is -0.204. The zero-order chi connectivity index (χ0) is 12.1. The summed E-state index contributed by atoms with van der Waals surface area (Å²) in [7, 11) is 0. The normalized spacial score (nSPS) is 10.7. The molecule has 0 radical (unpaired) electrons. The highest BCUT2D eigenvalue weighted by molar-refractivity contribution is 9.10. The minimum Gasteiger partial charge on any atom is -0.312 e. The van der Waals surface area contributed by atoms with Crippen molar-refractivity contribution in [3.05, 3.63) is 50.6 Å². The number of aromatic nitrogens is 1. The van der Waals surface area contributed by atoms with Crippen LogP contribution in [-0.2, 0) is 13.0 Å². The standard InChI is InChI=1S/C12H12BrFN2S/c13-11-2-1-10(14)7-9(11)8-15-4-3-12-16-5-6-17-12/h1-2,5-7,15H,3-4,8H2. The lowest BCUT2D eigenvalue weighted by Crippen LogP contribution is -2.17. The summed E-state index contributed by atoms with van der Waals surface area (Å²) in [4.78, 5) is 4.20. The van der Waals surface area contributed by atoms with Gasteiger partial charge in [-0.25, -0.2) is 9.37 Å². The van der Waals surface area contributed by atoms with Gasteiger partial charge in [0.1, 0.15) is 5.82 Å². The first-order valence-corrected chi connectivity index (χ1v) is 6.96. The second-order valence-corrected chi connectivity index (χ2v) is 5.42. The lowest BCUT2D eigenvalue weighted by molar-refractivity contribution is 0.619. The largest absolute Gasteiger partial charge is 0.312 e. The minimum absolute atomic E-state index is 0.204. The number of hydrogen-bond donors (Lipinski definition) is 1. The van der Waals surface area contributed by atoms with Gasteiger partial charge in [-0.3, -0.25) is 0 Å². The molecule has 0 aliphatic heterocycles. The Morgan fingerprint density at radius 1 is 1.41 bits per heavy atom. The van der Waals surface area contributed by atoms with Gasteiger partial charge in [-0.2, -0.15) is 0 Å². The molecule has 5 heteroatoms. The fraction of sp³-hybridized carbons (Fsp3) is 0.250. The first kappa shape index (κ1) is 12.7. The molecule has 0 saturated carbocycles. The van der Waals surface area contributed by atoms with E-state index in [0.717, 1.165) is 28.0 Å². The van der Waals surface area contributed by atoms with Gasteiger partial charge in [-0.1, -0.05) is 15.9 Å². The van der Waals surface area contributed by atoms with Crippen LogP contribution in [0.2, 0.25) is 0 Å². The van der Waals surface area contributed by atoms with Crippen LogP contribution in [0, 0.1) is 5.82 Å². The molecule has 2 nitrogen and oxygen atoms in total. The number of hydrogen-bond acceptors (Lipinski definition) is 3. The molecule has 90 valence electrons. The van der Waals surface area contributed by atoms with E-state index in [1.807, 2.05) is 11.6 Å². The number of nitrogens with one attached hydrogen (secondary N) is 1. The first-order chi connectivity index (χ1) is 8.25. The Kier molecular flexibility index (Phi) is 4.65. The lowest BCUT2D eigenvalue weighted by atomic mass is 10.2. The maximum absolute atomic E-state index is 13.0. The topological polar surface area (TPSA) is 24.9 Å². The smallest absolute Gasteiger partial charge is 0.123 e. The summed E-state index contributed by atoms with van der Waals surface area (Å²) in [6, 6.07) is 4.72. The van der Waals surface area contributed by atoms with E-state index in [2.05, 4.69) is 26.2 Å². The van der Waals surface area contributed by atoms with Crippen molar-refractivity contribution in [2.24, 2.45) is 0 Å². The van der Waals surface area contributed by atoms with Gasteiger partial charge < -0.3 is 5.32 Å². The van der Waals surface area contributed by atoms with Gasteiger partial charge in [0.2, 0.25) is 0 Å². The maximum Gasteiger partial charge on any atom is 0.123 e. The SMILES string of the molecule is Fc1ccc(Br)c(CNCCc2nccs2)c1. The fourth-order valence-corrected chi connectivity index (χ4v) is 2.48. The lowest BCUT2D eigenvalue weighted by Gasteiger charge is -2.06. The molecular formula is C12H12BrFN2S. The van der Waals surface area contributed by atoms with Crippen LogP contribution >= 0.6 is 27.3 Å². The molecule has 17 heavy (non-hydrogen) atoms. The molecule has 0 amide bonds. The molecule has 0 spiro atoms. The van der Waals surface area contributed by atoms with Crippen LogP contribution in [0.5, 0.6) is 0 Å². The molecule has 0 saturated heterocycles. The van der Waals surface area contributed by atoms with E-state index >= 15 is 0 Å². The van der Waals surface area contributed by atoms with E-state index in [9.17, 15) is 4.39 Å². The zero-order valence-electron chi connectivity index (χ0n) is 9.12. The molecule has 0 aliphatic rings. The third kappa shape index (κ3) is 3.87. The van der Waals surface area contributed by atoms with Crippen LogP contribution in [0.1, 0.15) is 10.6 Å². The number of thiazole rings is 1. The van der Waals surface area contributed by atoms with E-state index in [-0.39, 0.29) is 5.82 Å². The Labute approximate surface area is 112 Å². The number of halogens is 2. The Morgan fingerprint density at radius 3 is 3.06 bits per heavy atom. The van der Waals surface area contributed by atoms with E-state index in [1.165, 1.54) is 6.07 Å². The molecule has 1 N–H and O–H groups in total. The van der Waals surface area contributed by atoms with Crippen molar-refractivity contribution in [2.75, 3.05) is 6.54 Å².